The van der Waals surface area contributed by atoms with Crippen LogP contribution in [0.15, 0.2) is 17.2 Å². The van der Waals surface area contributed by atoms with Crippen molar-refractivity contribution in [3.8, 4) is 5.88 Å². The van der Waals surface area contributed by atoms with Crippen LogP contribution >= 0.6 is 0 Å². The highest BCUT2D eigenvalue weighted by molar-refractivity contribution is 7.89. The number of likely N-dealkylation sites (N-methyl/N-ethyl adjacent to an activating group) is 1. The lowest BCUT2D eigenvalue weighted by molar-refractivity contribution is 0.0995. The monoisotopic (exact) mass is 491 g/mol. The number of anilines is 1. The molecule has 0 aliphatic carbocycles. The number of fused-ring (bicyclic) bond motifs is 1. The van der Waals surface area contributed by atoms with E-state index in [2.05, 4.69) is 20.3 Å². The van der Waals surface area contributed by atoms with Crippen LogP contribution in [0.3, 0.4) is 0 Å². The molecule has 34 heavy (non-hydrogen) atoms. The van der Waals surface area contributed by atoms with Crippen molar-refractivity contribution >= 4 is 27.5 Å². The van der Waals surface area contributed by atoms with E-state index >= 15 is 0 Å². The van der Waals surface area contributed by atoms with Gasteiger partial charge in [-0.1, -0.05) is 6.92 Å². The van der Waals surface area contributed by atoms with E-state index in [-0.39, 0.29) is 34.3 Å². The second-order valence-corrected chi connectivity index (χ2v) is 10.0. The minimum Gasteiger partial charge on any atom is -0.477 e. The van der Waals surface area contributed by atoms with Crippen molar-refractivity contribution in [2.45, 2.75) is 38.1 Å². The molecule has 0 unspecified atom stereocenters. The Bertz CT molecular complexity index is 1200. The van der Waals surface area contributed by atoms with Crippen LogP contribution in [0, 0.1) is 0 Å². The third-order valence-electron chi connectivity index (χ3n) is 6.08. The summed E-state index contributed by atoms with van der Waals surface area (Å²) in [5.41, 5.74) is 6.31. The highest BCUT2D eigenvalue weighted by atomic mass is 32.2. The molecule has 13 heteroatoms. The Morgan fingerprint density at radius 2 is 1.91 bits per heavy atom. The van der Waals surface area contributed by atoms with Gasteiger partial charge in [-0.2, -0.15) is 9.40 Å². The Kier molecular flexibility index (Phi) is 6.86. The molecule has 0 atom stereocenters. The number of amides is 2. The number of pyridine rings is 1. The average molecular weight is 492 g/mol. The molecule has 1 fully saturated rings. The van der Waals surface area contributed by atoms with Gasteiger partial charge in [0.05, 0.1) is 24.2 Å². The summed E-state index contributed by atoms with van der Waals surface area (Å²) < 4.78 is 35.1. The molecule has 0 aromatic carbocycles. The molecule has 184 valence electrons. The van der Waals surface area contributed by atoms with E-state index in [0.717, 1.165) is 13.0 Å². The quantitative estimate of drug-likeness (QED) is 0.535. The summed E-state index contributed by atoms with van der Waals surface area (Å²) in [5, 5.41) is 6.90. The SMILES string of the molecule is CCOc1ncc(S(=O)(=O)N2CCN(CC)CC2)cc1C(=O)Nc1c(C(N)=O)nn2c1CCC2. The number of nitrogens with zero attached hydrogens (tertiary/aromatic N) is 5. The summed E-state index contributed by atoms with van der Waals surface area (Å²) in [4.78, 5) is 31.4. The molecule has 0 spiro atoms. The van der Waals surface area contributed by atoms with Gasteiger partial charge >= 0.3 is 0 Å². The lowest BCUT2D eigenvalue weighted by Crippen LogP contribution is -2.48. The first kappa shape index (κ1) is 24.1. The lowest BCUT2D eigenvalue weighted by Gasteiger charge is -2.33. The highest BCUT2D eigenvalue weighted by Crippen LogP contribution is 2.29. The normalized spacial score (nSPS) is 16.9. The number of hydrogen-bond donors (Lipinski definition) is 2. The van der Waals surface area contributed by atoms with Crippen LogP contribution in [0.5, 0.6) is 5.88 Å². The number of carbonyl (C=O) groups is 2. The molecule has 0 radical (unpaired) electrons. The molecule has 12 nitrogen and oxygen atoms in total. The standard InChI is InChI=1S/C21H29N7O5S/c1-3-26-8-10-27(11-9-26)34(31,32)14-12-15(21(23-13-14)33-4-2)20(30)24-17-16-6-5-7-28(16)25-18(17)19(22)29/h12-13H,3-11H2,1-2H3,(H2,22,29)(H,24,30). The predicted molar refractivity (Wildman–Crippen MR) is 123 cm³/mol. The Morgan fingerprint density at radius 3 is 2.56 bits per heavy atom. The van der Waals surface area contributed by atoms with Crippen LogP contribution in [0.2, 0.25) is 0 Å². The van der Waals surface area contributed by atoms with Gasteiger partial charge in [-0.3, -0.25) is 14.3 Å². The predicted octanol–water partition coefficient (Wildman–Crippen LogP) is 0.300. The van der Waals surface area contributed by atoms with E-state index in [1.165, 1.54) is 16.6 Å². The Labute approximate surface area is 198 Å². The van der Waals surface area contributed by atoms with Crippen molar-refractivity contribution in [1.82, 2.24) is 24.0 Å². The maximum absolute atomic E-state index is 13.3. The molecular weight excluding hydrogens is 462 g/mol. The fourth-order valence-electron chi connectivity index (χ4n) is 4.24. The molecule has 2 aromatic rings. The van der Waals surface area contributed by atoms with Gasteiger partial charge in [-0.15, -0.1) is 0 Å². The number of aromatic nitrogens is 3. The maximum Gasteiger partial charge on any atom is 0.271 e. The van der Waals surface area contributed by atoms with Crippen LogP contribution in [0.25, 0.3) is 0 Å². The molecule has 2 aliphatic rings. The number of hydrogen-bond acceptors (Lipinski definition) is 8. The highest BCUT2D eigenvalue weighted by Gasteiger charge is 2.31. The minimum absolute atomic E-state index is 0.000749. The zero-order chi connectivity index (χ0) is 24.5. The molecule has 2 aliphatic heterocycles. The zero-order valence-corrected chi connectivity index (χ0v) is 20.1. The first-order valence-corrected chi connectivity index (χ1v) is 12.8. The molecule has 1 saturated heterocycles. The molecular formula is C21H29N7O5S. The number of ether oxygens (including phenoxy) is 1. The average Bonchev–Trinajstić information content (AvgIpc) is 3.42. The van der Waals surface area contributed by atoms with Crippen LogP contribution in [0.1, 0.15) is 46.8 Å². The molecule has 2 amide bonds. The van der Waals surface area contributed by atoms with Crippen molar-refractivity contribution < 1.29 is 22.7 Å². The van der Waals surface area contributed by atoms with Crippen LogP contribution in [0.4, 0.5) is 5.69 Å². The molecule has 3 N–H and O–H groups in total. The third-order valence-corrected chi connectivity index (χ3v) is 7.95. The summed E-state index contributed by atoms with van der Waals surface area (Å²) in [6.07, 6.45) is 2.66. The number of nitrogens with two attached hydrogens (primary N) is 1. The maximum atomic E-state index is 13.3. The number of piperazine rings is 1. The Balaban J connectivity index is 1.66. The van der Waals surface area contributed by atoms with E-state index in [4.69, 9.17) is 10.5 Å². The summed E-state index contributed by atoms with van der Waals surface area (Å²) in [7, 11) is -3.86. The van der Waals surface area contributed by atoms with Crippen LogP contribution < -0.4 is 15.8 Å². The molecule has 4 rings (SSSR count). The lowest BCUT2D eigenvalue weighted by atomic mass is 10.2. The number of nitrogens with one attached hydrogen (secondary N) is 1. The van der Waals surface area contributed by atoms with Crippen LogP contribution in [-0.4, -0.2) is 83.5 Å². The summed E-state index contributed by atoms with van der Waals surface area (Å²) >= 11 is 0. The first-order chi connectivity index (χ1) is 16.3. The van der Waals surface area contributed by atoms with E-state index < -0.39 is 21.8 Å². The van der Waals surface area contributed by atoms with E-state index in [1.54, 1.807) is 11.6 Å². The van der Waals surface area contributed by atoms with E-state index in [1.807, 2.05) is 6.92 Å². The number of rotatable bonds is 8. The van der Waals surface area contributed by atoms with Gasteiger partial charge in [0.25, 0.3) is 11.8 Å². The minimum atomic E-state index is -3.86. The van der Waals surface area contributed by atoms with Gasteiger partial charge < -0.3 is 20.7 Å². The molecule has 0 saturated carbocycles. The number of aryl methyl sites for hydroxylation is 1. The Morgan fingerprint density at radius 1 is 1.18 bits per heavy atom. The van der Waals surface area contributed by atoms with Crippen molar-refractivity contribution in [3.05, 3.63) is 29.2 Å². The van der Waals surface area contributed by atoms with E-state index in [0.29, 0.717) is 44.8 Å². The topological polar surface area (TPSA) is 153 Å². The van der Waals surface area contributed by atoms with Gasteiger partial charge in [0, 0.05) is 32.7 Å². The van der Waals surface area contributed by atoms with E-state index in [9.17, 15) is 18.0 Å². The second-order valence-electron chi connectivity index (χ2n) is 8.11. The molecule has 0 bridgehead atoms. The number of sulfonamides is 1. The largest absolute Gasteiger partial charge is 0.477 e. The summed E-state index contributed by atoms with van der Waals surface area (Å²) in [6, 6.07) is 1.27. The van der Waals surface area contributed by atoms with Crippen LogP contribution in [-0.2, 0) is 23.0 Å². The number of carbonyl (C=O) groups excluding carboxylic acids is 2. The fraction of sp³-hybridized carbons (Fsp3) is 0.524. The Hall–Kier alpha value is -3.03. The van der Waals surface area contributed by atoms with Crippen molar-refractivity contribution in [1.29, 1.82) is 0 Å². The summed E-state index contributed by atoms with van der Waals surface area (Å²) in [5.74, 6) is -1.42. The van der Waals surface area contributed by atoms with Gasteiger partial charge in [-0.25, -0.2) is 13.4 Å². The molecule has 4 heterocycles. The third kappa shape index (κ3) is 4.50. The van der Waals surface area contributed by atoms with Gasteiger partial charge in [0.1, 0.15) is 10.5 Å². The first-order valence-electron chi connectivity index (χ1n) is 11.3. The fourth-order valence-corrected chi connectivity index (χ4v) is 5.64. The smallest absolute Gasteiger partial charge is 0.271 e. The van der Waals surface area contributed by atoms with Gasteiger partial charge in [0.2, 0.25) is 15.9 Å². The summed E-state index contributed by atoms with van der Waals surface area (Å²) in [6.45, 7) is 7.46. The van der Waals surface area contributed by atoms with Gasteiger partial charge in [0.15, 0.2) is 5.69 Å². The van der Waals surface area contributed by atoms with Gasteiger partial charge in [-0.05, 0) is 32.4 Å². The van der Waals surface area contributed by atoms with Crippen molar-refractivity contribution in [2.24, 2.45) is 5.73 Å². The molecule has 2 aromatic heterocycles. The van der Waals surface area contributed by atoms with Crippen molar-refractivity contribution in [3.63, 3.8) is 0 Å². The second kappa shape index (κ2) is 9.68. The number of primary amides is 1. The van der Waals surface area contributed by atoms with Crippen molar-refractivity contribution in [2.75, 3.05) is 44.6 Å². The zero-order valence-electron chi connectivity index (χ0n) is 19.3.